The standard InChI is InChI=1S/C29H44O5/c1-17-22-18-7-8-21-24(2)15-19(31)23(32)25(3,16-30)20(24)9-10-27(21,5)26(18,4)11-13-29(22)14-12-28(17,6)33-34-29/h7,19-21,23,30-32H,8-16H2,1-6H3/t19-,20-,21-,23-,24+,25+,26-,27-,28+,29-/m1/s1. The van der Waals surface area contributed by atoms with Gasteiger partial charge < -0.3 is 15.3 Å². The molecule has 0 aromatic heterocycles. The smallest absolute Gasteiger partial charge is 0.129 e. The van der Waals surface area contributed by atoms with E-state index in [1.165, 1.54) is 16.7 Å². The number of hydrogen-bond donors (Lipinski definition) is 3. The molecule has 5 aliphatic carbocycles. The molecule has 2 heterocycles. The van der Waals surface area contributed by atoms with Crippen molar-refractivity contribution in [1.82, 2.24) is 0 Å². The Morgan fingerprint density at radius 3 is 2.29 bits per heavy atom. The topological polar surface area (TPSA) is 79.2 Å². The first kappa shape index (κ1) is 23.7. The maximum absolute atomic E-state index is 11.0. The molecule has 1 spiro atoms. The quantitative estimate of drug-likeness (QED) is 0.476. The maximum Gasteiger partial charge on any atom is 0.129 e. The molecule has 0 amide bonds. The summed E-state index contributed by atoms with van der Waals surface area (Å²) in [4.78, 5) is 12.2. The van der Waals surface area contributed by atoms with E-state index in [-0.39, 0.29) is 40.0 Å². The van der Waals surface area contributed by atoms with Crippen LogP contribution in [0.25, 0.3) is 0 Å². The Morgan fingerprint density at radius 1 is 0.941 bits per heavy atom. The van der Waals surface area contributed by atoms with Gasteiger partial charge in [0, 0.05) is 5.41 Å². The second-order valence-electron chi connectivity index (χ2n) is 14.0. The Balaban J connectivity index is 1.49. The van der Waals surface area contributed by atoms with Gasteiger partial charge in [0.1, 0.15) is 11.2 Å². The van der Waals surface area contributed by atoms with Gasteiger partial charge in [-0.25, -0.2) is 9.78 Å². The summed E-state index contributed by atoms with van der Waals surface area (Å²) in [5.41, 5.74) is 2.95. The van der Waals surface area contributed by atoms with E-state index in [2.05, 4.69) is 40.7 Å². The van der Waals surface area contributed by atoms with Crippen molar-refractivity contribution in [2.45, 2.75) is 116 Å². The fourth-order valence-corrected chi connectivity index (χ4v) is 10.4. The van der Waals surface area contributed by atoms with Gasteiger partial charge in [0.2, 0.25) is 0 Å². The summed E-state index contributed by atoms with van der Waals surface area (Å²) in [6.07, 6.45) is 8.60. The lowest BCUT2D eigenvalue weighted by molar-refractivity contribution is -0.433. The average Bonchev–Trinajstić information content (AvgIpc) is 2.79. The zero-order chi connectivity index (χ0) is 24.5. The van der Waals surface area contributed by atoms with E-state index in [0.29, 0.717) is 12.3 Å². The molecule has 34 heavy (non-hydrogen) atoms. The van der Waals surface area contributed by atoms with E-state index in [1.807, 2.05) is 6.92 Å². The largest absolute Gasteiger partial charge is 0.396 e. The van der Waals surface area contributed by atoms with Gasteiger partial charge in [-0.05, 0) is 110 Å². The van der Waals surface area contributed by atoms with Crippen molar-refractivity contribution in [3.63, 3.8) is 0 Å². The third kappa shape index (κ3) is 2.45. The minimum atomic E-state index is -0.872. The first-order valence-corrected chi connectivity index (χ1v) is 13.6. The van der Waals surface area contributed by atoms with Gasteiger partial charge in [-0.15, -0.1) is 0 Å². The normalized spacial score (nSPS) is 58.4. The minimum absolute atomic E-state index is 0.0274. The van der Waals surface area contributed by atoms with Crippen LogP contribution in [-0.4, -0.2) is 45.3 Å². The first-order chi connectivity index (χ1) is 15.8. The van der Waals surface area contributed by atoms with E-state index in [4.69, 9.17) is 9.78 Å². The van der Waals surface area contributed by atoms with Crippen LogP contribution in [0.2, 0.25) is 0 Å². The molecule has 0 unspecified atom stereocenters. The van der Waals surface area contributed by atoms with E-state index in [1.54, 1.807) is 0 Å². The van der Waals surface area contributed by atoms with Crippen LogP contribution in [0.4, 0.5) is 0 Å². The van der Waals surface area contributed by atoms with E-state index >= 15 is 0 Å². The Kier molecular flexibility index (Phi) is 4.72. The van der Waals surface area contributed by atoms with E-state index < -0.39 is 17.6 Å². The molecule has 5 heteroatoms. The zero-order valence-corrected chi connectivity index (χ0v) is 21.9. The highest BCUT2D eigenvalue weighted by Crippen LogP contribution is 2.75. The van der Waals surface area contributed by atoms with Gasteiger partial charge in [0.05, 0.1) is 18.8 Å². The Hall–Kier alpha value is -0.720. The fourth-order valence-electron chi connectivity index (χ4n) is 10.4. The van der Waals surface area contributed by atoms with Gasteiger partial charge in [0.25, 0.3) is 0 Å². The van der Waals surface area contributed by atoms with Gasteiger partial charge >= 0.3 is 0 Å². The van der Waals surface area contributed by atoms with Gasteiger partial charge in [-0.3, -0.25) is 0 Å². The Labute approximate surface area is 204 Å². The van der Waals surface area contributed by atoms with Crippen LogP contribution < -0.4 is 0 Å². The molecular weight excluding hydrogens is 428 g/mol. The van der Waals surface area contributed by atoms with Crippen LogP contribution in [0.15, 0.2) is 22.8 Å². The molecule has 7 rings (SSSR count). The number of hydrogen-bond acceptors (Lipinski definition) is 5. The highest BCUT2D eigenvalue weighted by atomic mass is 17.2. The highest BCUT2D eigenvalue weighted by Gasteiger charge is 2.70. The number of allylic oxidation sites excluding steroid dienone is 1. The predicted molar refractivity (Wildman–Crippen MR) is 130 cm³/mol. The lowest BCUT2D eigenvalue weighted by Crippen LogP contribution is -2.68. The van der Waals surface area contributed by atoms with Gasteiger partial charge in [-0.1, -0.05) is 33.8 Å². The van der Waals surface area contributed by atoms with Gasteiger partial charge in [-0.2, -0.15) is 0 Å². The summed E-state index contributed by atoms with van der Waals surface area (Å²) >= 11 is 0. The summed E-state index contributed by atoms with van der Waals surface area (Å²) in [6.45, 7) is 13.7. The molecule has 7 aliphatic rings. The Morgan fingerprint density at radius 2 is 1.65 bits per heavy atom. The van der Waals surface area contributed by atoms with Crippen molar-refractivity contribution < 1.29 is 25.1 Å². The lowest BCUT2D eigenvalue weighted by Gasteiger charge is -2.71. The zero-order valence-electron chi connectivity index (χ0n) is 21.9. The van der Waals surface area contributed by atoms with E-state index in [0.717, 1.165) is 44.9 Å². The van der Waals surface area contributed by atoms with Crippen LogP contribution in [-0.2, 0) is 9.78 Å². The molecule has 2 aliphatic heterocycles. The number of fused-ring (bicyclic) bond motifs is 7. The molecule has 5 nitrogen and oxygen atoms in total. The molecule has 0 aromatic carbocycles. The molecule has 1 saturated heterocycles. The highest BCUT2D eigenvalue weighted by molar-refractivity contribution is 5.54. The van der Waals surface area contributed by atoms with Crippen molar-refractivity contribution in [1.29, 1.82) is 0 Å². The van der Waals surface area contributed by atoms with Crippen LogP contribution >= 0.6 is 0 Å². The molecule has 0 aromatic rings. The number of aliphatic hydroxyl groups excluding tert-OH is 3. The molecule has 3 saturated carbocycles. The van der Waals surface area contributed by atoms with Crippen LogP contribution in [0, 0.1) is 33.5 Å². The molecule has 0 radical (unpaired) electrons. The maximum atomic E-state index is 11.0. The SMILES string of the molecule is CC1=C2C3=CC[C@@H]4[C@@]5(C)C[C@@H](O)[C@@H](O)[C@@](C)(CO)[C@@H]5CC[C@@]4(C)[C@]3(C)CC[C@@]23CC[C@]1(C)OO3. The van der Waals surface area contributed by atoms with E-state index in [9.17, 15) is 15.3 Å². The van der Waals surface area contributed by atoms with Crippen LogP contribution in [0.1, 0.15) is 92.9 Å². The van der Waals surface area contributed by atoms with Crippen molar-refractivity contribution in [2.75, 3.05) is 6.61 Å². The van der Waals surface area contributed by atoms with Gasteiger partial charge in [0.15, 0.2) is 0 Å². The molecule has 3 N–H and O–H groups in total. The summed E-state index contributed by atoms with van der Waals surface area (Å²) in [6, 6.07) is 0. The van der Waals surface area contributed by atoms with Crippen molar-refractivity contribution in [3.05, 3.63) is 22.8 Å². The third-order valence-electron chi connectivity index (χ3n) is 12.9. The summed E-state index contributed by atoms with van der Waals surface area (Å²) in [7, 11) is 0. The fraction of sp³-hybridized carbons (Fsp3) is 0.862. The third-order valence-corrected chi connectivity index (χ3v) is 12.9. The van der Waals surface area contributed by atoms with Crippen molar-refractivity contribution >= 4 is 0 Å². The lowest BCUT2D eigenvalue weighted by atomic mass is 9.34. The first-order valence-electron chi connectivity index (χ1n) is 13.6. The van der Waals surface area contributed by atoms with Crippen molar-refractivity contribution in [2.24, 2.45) is 33.5 Å². The predicted octanol–water partition coefficient (Wildman–Crippen LogP) is 4.85. The molecule has 2 bridgehead atoms. The second kappa shape index (κ2) is 6.77. The summed E-state index contributed by atoms with van der Waals surface area (Å²) in [5, 5.41) is 32.3. The average molecular weight is 473 g/mol. The monoisotopic (exact) mass is 472 g/mol. The molecular formula is C29H44O5. The molecule has 4 fully saturated rings. The summed E-state index contributed by atoms with van der Waals surface area (Å²) < 4.78 is 0. The molecule has 190 valence electrons. The minimum Gasteiger partial charge on any atom is -0.396 e. The van der Waals surface area contributed by atoms with Crippen LogP contribution in [0.5, 0.6) is 0 Å². The molecule has 10 atom stereocenters. The number of aliphatic hydroxyl groups is 3. The van der Waals surface area contributed by atoms with Crippen LogP contribution in [0.3, 0.4) is 0 Å². The number of rotatable bonds is 1. The van der Waals surface area contributed by atoms with Crippen molar-refractivity contribution in [3.8, 4) is 0 Å². The second-order valence-corrected chi connectivity index (χ2v) is 14.0. The Bertz CT molecular complexity index is 975. The summed E-state index contributed by atoms with van der Waals surface area (Å²) in [5.74, 6) is 0.585.